The maximum atomic E-state index is 12.7. The van der Waals surface area contributed by atoms with E-state index in [0.717, 1.165) is 23.5 Å². The molecule has 0 aromatic heterocycles. The Labute approximate surface area is 171 Å². The number of thioether (sulfide) groups is 1. The van der Waals surface area contributed by atoms with Crippen LogP contribution in [0.5, 0.6) is 0 Å². The van der Waals surface area contributed by atoms with Gasteiger partial charge in [0.15, 0.2) is 0 Å². The van der Waals surface area contributed by atoms with Crippen LogP contribution in [0, 0.1) is 6.92 Å². The average molecular weight is 420 g/mol. The second-order valence-electron chi connectivity index (χ2n) is 6.83. The van der Waals surface area contributed by atoms with Crippen molar-refractivity contribution in [3.63, 3.8) is 0 Å². The third-order valence-corrected chi connectivity index (χ3v) is 7.78. The number of likely N-dealkylation sites (N-methyl/N-ethyl adjacent to an activating group) is 1. The van der Waals surface area contributed by atoms with Gasteiger partial charge < -0.3 is 10.2 Å². The number of piperazine rings is 1. The molecule has 2 aromatic rings. The summed E-state index contributed by atoms with van der Waals surface area (Å²) >= 11 is 1.48. The minimum atomic E-state index is -3.49. The Morgan fingerprint density at radius 3 is 2.32 bits per heavy atom. The van der Waals surface area contributed by atoms with E-state index in [1.54, 1.807) is 24.3 Å². The topological polar surface area (TPSA) is 69.7 Å². The smallest absolute Gasteiger partial charge is 0.243 e. The van der Waals surface area contributed by atoms with Crippen LogP contribution in [-0.4, -0.2) is 62.5 Å². The molecule has 1 saturated heterocycles. The number of carbonyl (C=O) groups excluding carboxylic acids is 1. The summed E-state index contributed by atoms with van der Waals surface area (Å²) in [5, 5.41) is 2.82. The van der Waals surface area contributed by atoms with Crippen molar-refractivity contribution in [1.29, 1.82) is 0 Å². The predicted octanol–water partition coefficient (Wildman–Crippen LogP) is 2.66. The monoisotopic (exact) mass is 419 g/mol. The van der Waals surface area contributed by atoms with Gasteiger partial charge in [0.1, 0.15) is 0 Å². The van der Waals surface area contributed by atoms with Crippen molar-refractivity contribution in [2.45, 2.75) is 16.7 Å². The highest BCUT2D eigenvalue weighted by atomic mass is 32.2. The second-order valence-corrected chi connectivity index (χ2v) is 9.79. The lowest BCUT2D eigenvalue weighted by molar-refractivity contribution is -0.113. The van der Waals surface area contributed by atoms with Gasteiger partial charge in [-0.15, -0.1) is 11.8 Å². The third kappa shape index (κ3) is 5.14. The number of aryl methyl sites for hydroxylation is 1. The van der Waals surface area contributed by atoms with Crippen molar-refractivity contribution in [2.75, 3.05) is 44.3 Å². The minimum absolute atomic E-state index is 0.122. The highest BCUT2D eigenvalue weighted by molar-refractivity contribution is 8.00. The number of nitrogens with one attached hydrogen (secondary N) is 1. The second kappa shape index (κ2) is 9.09. The molecular formula is C20H25N3O3S2. The molecule has 1 aliphatic rings. The van der Waals surface area contributed by atoms with E-state index in [-0.39, 0.29) is 10.8 Å². The maximum Gasteiger partial charge on any atom is 0.243 e. The zero-order valence-electron chi connectivity index (χ0n) is 16.1. The predicted molar refractivity (Wildman–Crippen MR) is 113 cm³/mol. The Hall–Kier alpha value is -1.87. The molecule has 0 spiro atoms. The van der Waals surface area contributed by atoms with Gasteiger partial charge in [0.2, 0.25) is 15.9 Å². The van der Waals surface area contributed by atoms with E-state index in [4.69, 9.17) is 0 Å². The van der Waals surface area contributed by atoms with E-state index in [1.165, 1.54) is 16.1 Å². The first-order chi connectivity index (χ1) is 13.4. The Bertz CT molecular complexity index is 922. The summed E-state index contributed by atoms with van der Waals surface area (Å²) in [4.78, 5) is 15.6. The molecule has 1 amide bonds. The van der Waals surface area contributed by atoms with Crippen molar-refractivity contribution in [1.82, 2.24) is 9.21 Å². The van der Waals surface area contributed by atoms with Gasteiger partial charge >= 0.3 is 0 Å². The lowest BCUT2D eigenvalue weighted by atomic mass is 10.2. The number of sulfonamides is 1. The van der Waals surface area contributed by atoms with Crippen molar-refractivity contribution in [2.24, 2.45) is 0 Å². The quantitative estimate of drug-likeness (QED) is 0.729. The first kappa shape index (κ1) is 20.9. The number of carbonyl (C=O) groups is 1. The Balaban J connectivity index is 1.58. The molecule has 0 saturated carbocycles. The van der Waals surface area contributed by atoms with Gasteiger partial charge in [-0.05, 0) is 49.9 Å². The van der Waals surface area contributed by atoms with E-state index in [1.807, 2.05) is 38.2 Å². The molecule has 150 valence electrons. The van der Waals surface area contributed by atoms with Crippen molar-refractivity contribution >= 4 is 33.4 Å². The Kier molecular flexibility index (Phi) is 6.77. The molecule has 1 aliphatic heterocycles. The maximum absolute atomic E-state index is 12.7. The number of amides is 1. The molecule has 0 atom stereocenters. The first-order valence-electron chi connectivity index (χ1n) is 9.13. The number of hydrogen-bond acceptors (Lipinski definition) is 5. The van der Waals surface area contributed by atoms with Crippen LogP contribution in [0.1, 0.15) is 5.56 Å². The van der Waals surface area contributed by atoms with Gasteiger partial charge in [0.05, 0.1) is 10.6 Å². The molecule has 0 bridgehead atoms. The summed E-state index contributed by atoms with van der Waals surface area (Å²) < 4.78 is 27.0. The van der Waals surface area contributed by atoms with Crippen LogP contribution < -0.4 is 5.32 Å². The number of rotatable bonds is 6. The molecule has 1 fully saturated rings. The summed E-state index contributed by atoms with van der Waals surface area (Å²) in [6.45, 7) is 4.46. The van der Waals surface area contributed by atoms with Gasteiger partial charge in [0, 0.05) is 36.8 Å². The fourth-order valence-electron chi connectivity index (χ4n) is 2.95. The molecule has 2 aromatic carbocycles. The van der Waals surface area contributed by atoms with Crippen LogP contribution in [0.2, 0.25) is 0 Å². The molecule has 1 N–H and O–H groups in total. The lowest BCUT2D eigenvalue weighted by Gasteiger charge is -2.31. The van der Waals surface area contributed by atoms with Gasteiger partial charge in [0.25, 0.3) is 0 Å². The van der Waals surface area contributed by atoms with E-state index in [9.17, 15) is 13.2 Å². The van der Waals surface area contributed by atoms with Crippen LogP contribution >= 0.6 is 11.8 Å². The summed E-state index contributed by atoms with van der Waals surface area (Å²) in [6.07, 6.45) is 0. The Morgan fingerprint density at radius 2 is 1.68 bits per heavy atom. The molecule has 1 heterocycles. The largest absolute Gasteiger partial charge is 0.325 e. The van der Waals surface area contributed by atoms with Crippen molar-refractivity contribution < 1.29 is 13.2 Å². The van der Waals surface area contributed by atoms with Crippen molar-refractivity contribution in [3.05, 3.63) is 54.1 Å². The fraction of sp³-hybridized carbons (Fsp3) is 0.350. The molecule has 0 radical (unpaired) electrons. The van der Waals surface area contributed by atoms with E-state index >= 15 is 0 Å². The van der Waals surface area contributed by atoms with Gasteiger partial charge in [-0.3, -0.25) is 4.79 Å². The van der Waals surface area contributed by atoms with Crippen molar-refractivity contribution in [3.8, 4) is 0 Å². The fourth-order valence-corrected chi connectivity index (χ4v) is 5.20. The number of nitrogens with zero attached hydrogens (tertiary/aromatic N) is 2. The summed E-state index contributed by atoms with van der Waals surface area (Å²) in [5.41, 5.74) is 1.73. The van der Waals surface area contributed by atoms with Gasteiger partial charge in [-0.2, -0.15) is 4.31 Å². The number of anilines is 1. The normalized spacial score (nSPS) is 16.1. The van der Waals surface area contributed by atoms with E-state index in [2.05, 4.69) is 10.2 Å². The molecule has 6 nitrogen and oxygen atoms in total. The average Bonchev–Trinajstić information content (AvgIpc) is 2.68. The van der Waals surface area contributed by atoms with Crippen LogP contribution in [0.3, 0.4) is 0 Å². The lowest BCUT2D eigenvalue weighted by Crippen LogP contribution is -2.46. The van der Waals surface area contributed by atoms with Gasteiger partial charge in [-0.1, -0.05) is 18.2 Å². The molecule has 8 heteroatoms. The minimum Gasteiger partial charge on any atom is -0.325 e. The summed E-state index contributed by atoms with van der Waals surface area (Å²) in [6, 6.07) is 14.3. The zero-order chi connectivity index (χ0) is 20.1. The molecule has 0 aliphatic carbocycles. The van der Waals surface area contributed by atoms with Crippen LogP contribution in [0.4, 0.5) is 5.69 Å². The standard InChI is InChI=1S/C20H25N3O3S2/c1-16-5-3-4-6-19(16)27-15-20(24)21-17-7-9-18(10-8-17)28(25,26)23-13-11-22(2)12-14-23/h3-10H,11-15H2,1-2H3,(H,21,24). The molecular weight excluding hydrogens is 394 g/mol. The van der Waals surface area contributed by atoms with E-state index in [0.29, 0.717) is 24.5 Å². The Morgan fingerprint density at radius 1 is 1.04 bits per heavy atom. The number of hydrogen-bond donors (Lipinski definition) is 1. The van der Waals surface area contributed by atoms with Gasteiger partial charge in [-0.25, -0.2) is 8.42 Å². The molecule has 28 heavy (non-hydrogen) atoms. The first-order valence-corrected chi connectivity index (χ1v) is 11.6. The SMILES string of the molecule is Cc1ccccc1SCC(=O)Nc1ccc(S(=O)(=O)N2CCN(C)CC2)cc1. The highest BCUT2D eigenvalue weighted by Gasteiger charge is 2.27. The highest BCUT2D eigenvalue weighted by Crippen LogP contribution is 2.23. The summed E-state index contributed by atoms with van der Waals surface area (Å²) in [5.74, 6) is 0.176. The van der Waals surface area contributed by atoms with Crippen LogP contribution in [0.15, 0.2) is 58.3 Å². The van der Waals surface area contributed by atoms with E-state index < -0.39 is 10.0 Å². The van der Waals surface area contributed by atoms with Crippen LogP contribution in [0.25, 0.3) is 0 Å². The summed E-state index contributed by atoms with van der Waals surface area (Å²) in [7, 11) is -1.51. The molecule has 3 rings (SSSR count). The third-order valence-electron chi connectivity index (χ3n) is 4.69. The number of benzene rings is 2. The zero-order valence-corrected chi connectivity index (χ0v) is 17.7. The van der Waals surface area contributed by atoms with Crippen LogP contribution in [-0.2, 0) is 14.8 Å². The molecule has 0 unspecified atom stereocenters.